The van der Waals surface area contributed by atoms with E-state index in [1.165, 1.54) is 12.2 Å². The van der Waals surface area contributed by atoms with Gasteiger partial charge in [0.05, 0.1) is 12.6 Å². The molecule has 0 bridgehead atoms. The van der Waals surface area contributed by atoms with Gasteiger partial charge in [-0.1, -0.05) is 0 Å². The Hall–Kier alpha value is -0.870. The number of hydrogen-bond acceptors (Lipinski definition) is 4. The largest absolute Gasteiger partial charge is 0.497 e. The van der Waals surface area contributed by atoms with Gasteiger partial charge in [-0.3, -0.25) is 0 Å². The van der Waals surface area contributed by atoms with Gasteiger partial charge in [-0.15, -0.1) is 0 Å². The number of nitrogens with two attached hydrogens (primary N) is 1. The molecule has 1 unspecified atom stereocenters. The van der Waals surface area contributed by atoms with Crippen molar-refractivity contribution in [1.82, 2.24) is 0 Å². The predicted molar refractivity (Wildman–Crippen MR) is 75.0 cm³/mol. The van der Waals surface area contributed by atoms with E-state index in [0.29, 0.717) is 6.54 Å². The zero-order chi connectivity index (χ0) is 12.1. The van der Waals surface area contributed by atoms with Gasteiger partial charge in [-0.25, -0.2) is 0 Å². The molecule has 0 aliphatic carbocycles. The van der Waals surface area contributed by atoms with Crippen molar-refractivity contribution in [2.75, 3.05) is 30.5 Å². The maximum atomic E-state index is 5.94. The molecule has 4 heteroatoms. The number of thioether (sulfide) groups is 1. The van der Waals surface area contributed by atoms with Crippen LogP contribution in [0, 0.1) is 0 Å². The van der Waals surface area contributed by atoms with Crippen LogP contribution < -0.4 is 15.8 Å². The Morgan fingerprint density at radius 2 is 2.18 bits per heavy atom. The van der Waals surface area contributed by atoms with E-state index in [1.54, 1.807) is 7.11 Å². The second-order valence-electron chi connectivity index (χ2n) is 4.49. The summed E-state index contributed by atoms with van der Waals surface area (Å²) in [6.07, 6.45) is 2.40. The molecule has 3 N–H and O–H groups in total. The molecule has 1 aliphatic rings. The van der Waals surface area contributed by atoms with E-state index in [4.69, 9.17) is 10.5 Å². The minimum atomic E-state index is 0.0670. The summed E-state index contributed by atoms with van der Waals surface area (Å²) in [6, 6.07) is 8.05. The number of methoxy groups -OCH3 is 1. The first-order chi connectivity index (χ1) is 8.28. The first-order valence-corrected chi connectivity index (χ1v) is 7.13. The Morgan fingerprint density at radius 3 is 2.71 bits per heavy atom. The van der Waals surface area contributed by atoms with Crippen molar-refractivity contribution in [2.24, 2.45) is 5.73 Å². The molecule has 1 fully saturated rings. The molecule has 0 amide bonds. The highest BCUT2D eigenvalue weighted by Gasteiger charge is 2.30. The summed E-state index contributed by atoms with van der Waals surface area (Å²) < 4.78 is 5.15. The van der Waals surface area contributed by atoms with Crippen molar-refractivity contribution in [3.63, 3.8) is 0 Å². The van der Waals surface area contributed by atoms with Gasteiger partial charge in [0.25, 0.3) is 0 Å². The van der Waals surface area contributed by atoms with Gasteiger partial charge >= 0.3 is 0 Å². The van der Waals surface area contributed by atoms with Crippen LogP contribution in [0.4, 0.5) is 5.69 Å². The van der Waals surface area contributed by atoms with E-state index in [0.717, 1.165) is 23.6 Å². The van der Waals surface area contributed by atoms with Crippen LogP contribution in [-0.2, 0) is 0 Å². The maximum absolute atomic E-state index is 5.94. The highest BCUT2D eigenvalue weighted by Crippen LogP contribution is 2.30. The lowest BCUT2D eigenvalue weighted by molar-refractivity contribution is 0.414. The van der Waals surface area contributed by atoms with Crippen LogP contribution in [0.2, 0.25) is 0 Å². The van der Waals surface area contributed by atoms with Crippen LogP contribution in [-0.4, -0.2) is 30.7 Å². The van der Waals surface area contributed by atoms with Crippen molar-refractivity contribution in [2.45, 2.75) is 18.4 Å². The summed E-state index contributed by atoms with van der Waals surface area (Å²) in [5.41, 5.74) is 7.13. The Bertz CT molecular complexity index is 347. The molecule has 17 heavy (non-hydrogen) atoms. The molecule has 1 aliphatic heterocycles. The molecule has 0 aromatic heterocycles. The standard InChI is InChI=1S/C13H20N2OS/c1-16-12-5-3-11(4-6-12)15-13(9-14)7-2-8-17-10-13/h3-6,15H,2,7-10,14H2,1H3. The van der Waals surface area contributed by atoms with Crippen LogP contribution in [0.25, 0.3) is 0 Å². The van der Waals surface area contributed by atoms with Crippen molar-refractivity contribution < 1.29 is 4.74 Å². The molecule has 1 aromatic carbocycles. The number of ether oxygens (including phenoxy) is 1. The van der Waals surface area contributed by atoms with E-state index < -0.39 is 0 Å². The van der Waals surface area contributed by atoms with Gasteiger partial charge in [0.2, 0.25) is 0 Å². The molecule has 1 saturated heterocycles. The molecule has 1 heterocycles. The average molecular weight is 252 g/mol. The first kappa shape index (κ1) is 12.6. The second kappa shape index (κ2) is 5.65. The summed E-state index contributed by atoms with van der Waals surface area (Å²) in [5, 5.41) is 3.59. The number of rotatable bonds is 4. The topological polar surface area (TPSA) is 47.3 Å². The fourth-order valence-corrected chi connectivity index (χ4v) is 3.36. The van der Waals surface area contributed by atoms with Crippen LogP contribution in [0.1, 0.15) is 12.8 Å². The van der Waals surface area contributed by atoms with Crippen LogP contribution in [0.15, 0.2) is 24.3 Å². The van der Waals surface area contributed by atoms with Gasteiger partial charge in [-0.05, 0) is 42.9 Å². The van der Waals surface area contributed by atoms with Crippen molar-refractivity contribution in [1.29, 1.82) is 0 Å². The molecule has 0 saturated carbocycles. The van der Waals surface area contributed by atoms with Gasteiger partial charge in [0.1, 0.15) is 5.75 Å². The minimum absolute atomic E-state index is 0.0670. The number of hydrogen-bond donors (Lipinski definition) is 2. The van der Waals surface area contributed by atoms with Crippen LogP contribution in [0.5, 0.6) is 5.75 Å². The third kappa shape index (κ3) is 3.07. The molecular weight excluding hydrogens is 232 g/mol. The van der Waals surface area contributed by atoms with E-state index in [9.17, 15) is 0 Å². The van der Waals surface area contributed by atoms with Crippen molar-refractivity contribution >= 4 is 17.4 Å². The minimum Gasteiger partial charge on any atom is -0.497 e. The third-order valence-corrected chi connectivity index (χ3v) is 4.55. The Labute approximate surface area is 107 Å². The quantitative estimate of drug-likeness (QED) is 0.863. The summed E-state index contributed by atoms with van der Waals surface area (Å²) in [5.74, 6) is 3.23. The average Bonchev–Trinajstić information content (AvgIpc) is 2.41. The number of nitrogens with one attached hydrogen (secondary N) is 1. The van der Waals surface area contributed by atoms with E-state index in [2.05, 4.69) is 17.4 Å². The molecule has 94 valence electrons. The third-order valence-electron chi connectivity index (χ3n) is 3.21. The fourth-order valence-electron chi connectivity index (χ4n) is 2.14. The highest BCUT2D eigenvalue weighted by molar-refractivity contribution is 7.99. The molecule has 0 spiro atoms. The molecule has 1 atom stereocenters. The van der Waals surface area contributed by atoms with Crippen LogP contribution in [0.3, 0.4) is 0 Å². The summed E-state index contributed by atoms with van der Waals surface area (Å²) in [7, 11) is 1.68. The lowest BCUT2D eigenvalue weighted by Crippen LogP contribution is -2.49. The molecule has 3 nitrogen and oxygen atoms in total. The van der Waals surface area contributed by atoms with Crippen molar-refractivity contribution in [3.8, 4) is 5.75 Å². The molecular formula is C13H20N2OS. The van der Waals surface area contributed by atoms with Gasteiger partial charge in [0.15, 0.2) is 0 Å². The summed E-state index contributed by atoms with van der Waals surface area (Å²) in [6.45, 7) is 0.687. The SMILES string of the molecule is COc1ccc(NC2(CN)CCCSC2)cc1. The maximum Gasteiger partial charge on any atom is 0.119 e. The van der Waals surface area contributed by atoms with Crippen LogP contribution >= 0.6 is 11.8 Å². The van der Waals surface area contributed by atoms with E-state index >= 15 is 0 Å². The molecule has 2 rings (SSSR count). The summed E-state index contributed by atoms with van der Waals surface area (Å²) >= 11 is 1.99. The predicted octanol–water partition coefficient (Wildman–Crippen LogP) is 2.33. The molecule has 0 radical (unpaired) electrons. The monoisotopic (exact) mass is 252 g/mol. The number of anilines is 1. The molecule has 1 aromatic rings. The van der Waals surface area contributed by atoms with Crippen molar-refractivity contribution in [3.05, 3.63) is 24.3 Å². The van der Waals surface area contributed by atoms with Gasteiger partial charge in [0, 0.05) is 18.0 Å². The highest BCUT2D eigenvalue weighted by atomic mass is 32.2. The Balaban J connectivity index is 2.06. The Morgan fingerprint density at radius 1 is 1.41 bits per heavy atom. The van der Waals surface area contributed by atoms with E-state index in [-0.39, 0.29) is 5.54 Å². The smallest absolute Gasteiger partial charge is 0.119 e. The number of benzene rings is 1. The summed E-state index contributed by atoms with van der Waals surface area (Å²) in [4.78, 5) is 0. The normalized spacial score (nSPS) is 24.4. The lowest BCUT2D eigenvalue weighted by atomic mass is 9.95. The van der Waals surface area contributed by atoms with Gasteiger partial charge < -0.3 is 15.8 Å². The Kier molecular flexibility index (Phi) is 4.18. The van der Waals surface area contributed by atoms with E-state index in [1.807, 2.05) is 23.9 Å². The fraction of sp³-hybridized carbons (Fsp3) is 0.538. The second-order valence-corrected chi connectivity index (χ2v) is 5.60. The zero-order valence-corrected chi connectivity index (χ0v) is 11.1. The first-order valence-electron chi connectivity index (χ1n) is 5.98. The lowest BCUT2D eigenvalue weighted by Gasteiger charge is -2.37. The van der Waals surface area contributed by atoms with Gasteiger partial charge in [-0.2, -0.15) is 11.8 Å². The zero-order valence-electron chi connectivity index (χ0n) is 10.2.